The van der Waals surface area contributed by atoms with Crippen LogP contribution in [0.15, 0.2) is 12.4 Å². The molecule has 3 rings (SSSR count). The van der Waals surface area contributed by atoms with E-state index in [1.165, 1.54) is 17.5 Å². The molecule has 24 heavy (non-hydrogen) atoms. The number of alkyl halides is 2. The minimum absolute atomic E-state index is 0.148. The molecular weight excluding hydrogens is 332 g/mol. The summed E-state index contributed by atoms with van der Waals surface area (Å²) >= 11 is 1.36. The van der Waals surface area contributed by atoms with Gasteiger partial charge >= 0.3 is 0 Å². The third kappa shape index (κ3) is 3.87. The maximum atomic E-state index is 13.3. The lowest BCUT2D eigenvalue weighted by molar-refractivity contribution is 0.151. The number of aryl methyl sites for hydroxylation is 1. The molecule has 5 nitrogen and oxygen atoms in total. The third-order valence-electron chi connectivity index (χ3n) is 4.27. The molecule has 130 valence electrons. The van der Waals surface area contributed by atoms with E-state index in [0.29, 0.717) is 10.8 Å². The Balaban J connectivity index is 1.80. The number of hydrogen-bond acceptors (Lipinski definition) is 6. The van der Waals surface area contributed by atoms with Crippen LogP contribution >= 0.6 is 11.3 Å². The van der Waals surface area contributed by atoms with Crippen molar-refractivity contribution in [1.29, 1.82) is 0 Å². The van der Waals surface area contributed by atoms with Crippen LogP contribution in [0.25, 0.3) is 10.6 Å². The van der Waals surface area contributed by atoms with E-state index in [4.69, 9.17) is 0 Å². The lowest BCUT2D eigenvalue weighted by Crippen LogP contribution is -2.39. The van der Waals surface area contributed by atoms with Gasteiger partial charge in [-0.05, 0) is 26.3 Å². The first kappa shape index (κ1) is 17.2. The van der Waals surface area contributed by atoms with E-state index >= 15 is 0 Å². The fourth-order valence-electron chi connectivity index (χ4n) is 2.86. The molecule has 0 bridgehead atoms. The minimum atomic E-state index is -2.61. The van der Waals surface area contributed by atoms with Crippen LogP contribution in [0.2, 0.25) is 0 Å². The molecule has 0 aromatic carbocycles. The highest BCUT2D eigenvalue weighted by molar-refractivity contribution is 7.15. The van der Waals surface area contributed by atoms with Gasteiger partial charge in [0.2, 0.25) is 5.95 Å². The Hall–Kier alpha value is -1.67. The van der Waals surface area contributed by atoms with Crippen LogP contribution in [-0.4, -0.2) is 45.5 Å². The lowest BCUT2D eigenvalue weighted by Gasteiger charge is -2.31. The zero-order valence-electron chi connectivity index (χ0n) is 13.8. The van der Waals surface area contributed by atoms with E-state index in [-0.39, 0.29) is 17.3 Å². The summed E-state index contributed by atoms with van der Waals surface area (Å²) < 4.78 is 26.5. The quantitative estimate of drug-likeness (QED) is 0.887. The van der Waals surface area contributed by atoms with Crippen molar-refractivity contribution in [2.24, 2.45) is 0 Å². The van der Waals surface area contributed by atoms with Gasteiger partial charge in [-0.1, -0.05) is 6.92 Å². The van der Waals surface area contributed by atoms with Gasteiger partial charge < -0.3 is 10.2 Å². The van der Waals surface area contributed by atoms with Gasteiger partial charge in [0.05, 0.1) is 21.1 Å². The molecular formula is C16H21F2N5S. The molecule has 1 saturated heterocycles. The Labute approximate surface area is 144 Å². The predicted molar refractivity (Wildman–Crippen MR) is 91.6 cm³/mol. The van der Waals surface area contributed by atoms with Crippen LogP contribution in [0.5, 0.6) is 0 Å². The van der Waals surface area contributed by atoms with Gasteiger partial charge in [0, 0.05) is 31.5 Å². The first-order chi connectivity index (χ1) is 11.6. The van der Waals surface area contributed by atoms with Crippen molar-refractivity contribution < 1.29 is 8.78 Å². The molecule has 1 aliphatic rings. The highest BCUT2D eigenvalue weighted by Crippen LogP contribution is 2.33. The van der Waals surface area contributed by atoms with E-state index in [0.717, 1.165) is 37.5 Å². The second-order valence-corrected chi connectivity index (χ2v) is 7.13. The van der Waals surface area contributed by atoms with Gasteiger partial charge in [-0.25, -0.2) is 23.7 Å². The van der Waals surface area contributed by atoms with E-state index in [1.807, 2.05) is 6.92 Å². The van der Waals surface area contributed by atoms with Crippen molar-refractivity contribution >= 4 is 17.3 Å². The smallest absolute Gasteiger partial charge is 0.267 e. The molecule has 0 radical (unpaired) electrons. The minimum Gasteiger partial charge on any atom is -0.351 e. The van der Waals surface area contributed by atoms with E-state index < -0.39 is 6.43 Å². The number of nitrogens with zero attached hydrogens (tertiary/aromatic N) is 4. The Morgan fingerprint density at radius 2 is 2.04 bits per heavy atom. The van der Waals surface area contributed by atoms with Gasteiger partial charge in [-0.2, -0.15) is 0 Å². The second kappa shape index (κ2) is 7.48. The Kier molecular flexibility index (Phi) is 5.35. The Morgan fingerprint density at radius 1 is 1.29 bits per heavy atom. The highest BCUT2D eigenvalue weighted by Gasteiger charge is 2.22. The summed E-state index contributed by atoms with van der Waals surface area (Å²) in [5.74, 6) is 0.412. The van der Waals surface area contributed by atoms with Gasteiger partial charge in [0.25, 0.3) is 6.43 Å². The van der Waals surface area contributed by atoms with Crippen molar-refractivity contribution in [3.8, 4) is 10.6 Å². The van der Waals surface area contributed by atoms with Crippen molar-refractivity contribution in [1.82, 2.24) is 19.9 Å². The Bertz CT molecular complexity index is 683. The van der Waals surface area contributed by atoms with Crippen molar-refractivity contribution in [2.45, 2.75) is 39.2 Å². The summed E-state index contributed by atoms with van der Waals surface area (Å²) in [7, 11) is 0. The summed E-state index contributed by atoms with van der Waals surface area (Å²) in [6.45, 7) is 7.12. The number of piperidine rings is 1. The zero-order valence-corrected chi connectivity index (χ0v) is 14.6. The van der Waals surface area contributed by atoms with E-state index in [2.05, 4.69) is 32.1 Å². The van der Waals surface area contributed by atoms with Crippen LogP contribution in [0.3, 0.4) is 0 Å². The first-order valence-electron chi connectivity index (χ1n) is 8.13. The molecule has 0 aliphatic carbocycles. The Morgan fingerprint density at radius 3 is 2.62 bits per heavy atom. The fourth-order valence-corrected chi connectivity index (χ4v) is 3.65. The van der Waals surface area contributed by atoms with Crippen LogP contribution in [0.4, 0.5) is 14.7 Å². The molecule has 0 unspecified atom stereocenters. The molecule has 2 aromatic rings. The van der Waals surface area contributed by atoms with Gasteiger partial charge in [0.1, 0.15) is 0 Å². The standard InChI is InChI=1S/C16H21F2N5S/c1-3-23-6-4-11(5-7-23)21-16-20-8-12(15(17)18)14(22-16)13-9-19-10(2)24-13/h8-9,11,15H,3-7H2,1-2H3,(H,20,21,22). The van der Waals surface area contributed by atoms with Crippen molar-refractivity contribution in [3.05, 3.63) is 23.0 Å². The van der Waals surface area contributed by atoms with Gasteiger partial charge in [0.15, 0.2) is 0 Å². The first-order valence-corrected chi connectivity index (χ1v) is 8.95. The summed E-state index contributed by atoms with van der Waals surface area (Å²) in [6, 6.07) is 0.279. The number of likely N-dealkylation sites (tertiary alicyclic amines) is 1. The summed E-state index contributed by atoms with van der Waals surface area (Å²) in [5, 5.41) is 4.12. The van der Waals surface area contributed by atoms with Gasteiger partial charge in [-0.3, -0.25) is 0 Å². The molecule has 8 heteroatoms. The van der Waals surface area contributed by atoms with Gasteiger partial charge in [-0.15, -0.1) is 11.3 Å². The fraction of sp³-hybridized carbons (Fsp3) is 0.562. The molecule has 2 aromatic heterocycles. The number of aromatic nitrogens is 3. The van der Waals surface area contributed by atoms with Crippen LogP contribution in [0.1, 0.15) is 36.8 Å². The molecule has 1 fully saturated rings. The van der Waals surface area contributed by atoms with Crippen molar-refractivity contribution in [3.63, 3.8) is 0 Å². The van der Waals surface area contributed by atoms with Crippen LogP contribution in [-0.2, 0) is 0 Å². The van der Waals surface area contributed by atoms with E-state index in [9.17, 15) is 8.78 Å². The molecule has 1 N–H and O–H groups in total. The van der Waals surface area contributed by atoms with E-state index in [1.54, 1.807) is 6.20 Å². The lowest BCUT2D eigenvalue weighted by atomic mass is 10.1. The average Bonchev–Trinajstić information content (AvgIpc) is 3.01. The maximum Gasteiger partial charge on any atom is 0.267 e. The monoisotopic (exact) mass is 353 g/mol. The highest BCUT2D eigenvalue weighted by atomic mass is 32.1. The molecule has 3 heterocycles. The van der Waals surface area contributed by atoms with Crippen molar-refractivity contribution in [2.75, 3.05) is 25.0 Å². The summed E-state index contributed by atoms with van der Waals surface area (Å²) in [4.78, 5) is 15.6. The normalized spacial score (nSPS) is 16.7. The SMILES string of the molecule is CCN1CCC(Nc2ncc(C(F)F)c(-c3cnc(C)s3)n2)CC1. The predicted octanol–water partition coefficient (Wildman–Crippen LogP) is 3.74. The summed E-state index contributed by atoms with van der Waals surface area (Å²) in [5.41, 5.74) is 0.129. The topological polar surface area (TPSA) is 53.9 Å². The summed E-state index contributed by atoms with van der Waals surface area (Å²) in [6.07, 6.45) is 2.22. The zero-order chi connectivity index (χ0) is 17.1. The molecule has 0 atom stereocenters. The molecule has 0 spiro atoms. The maximum absolute atomic E-state index is 13.3. The van der Waals surface area contributed by atoms with Crippen LogP contribution in [0, 0.1) is 6.92 Å². The molecule has 1 aliphatic heterocycles. The molecule has 0 amide bonds. The van der Waals surface area contributed by atoms with Crippen LogP contribution < -0.4 is 5.32 Å². The second-order valence-electron chi connectivity index (χ2n) is 5.89. The number of hydrogen-bond donors (Lipinski definition) is 1. The third-order valence-corrected chi connectivity index (χ3v) is 5.19. The molecule has 0 saturated carbocycles. The number of rotatable bonds is 5. The average molecular weight is 353 g/mol. The number of thiazole rings is 1. The largest absolute Gasteiger partial charge is 0.351 e. The number of anilines is 1. The number of halogens is 2. The number of nitrogens with one attached hydrogen (secondary N) is 1.